The zero-order chi connectivity index (χ0) is 42.7. The van der Waals surface area contributed by atoms with Crippen LogP contribution in [0.2, 0.25) is 0 Å². The van der Waals surface area contributed by atoms with E-state index in [0.29, 0.717) is 35.7 Å². The third-order valence-corrected chi connectivity index (χ3v) is 12.3. The van der Waals surface area contributed by atoms with Gasteiger partial charge in [-0.05, 0) is 48.3 Å². The van der Waals surface area contributed by atoms with Crippen molar-refractivity contribution >= 4 is 19.8 Å². The number of quaternary nitrogens is 1. The van der Waals surface area contributed by atoms with Crippen LogP contribution < -0.4 is 0 Å². The number of carbonyl (C=O) groups excluding carboxylic acids is 2. The van der Waals surface area contributed by atoms with Gasteiger partial charge in [0.15, 0.2) is 6.10 Å². The van der Waals surface area contributed by atoms with Gasteiger partial charge < -0.3 is 18.9 Å². The molecule has 0 saturated carbocycles. The summed E-state index contributed by atoms with van der Waals surface area (Å²) >= 11 is 0. The number of hydrogen-bond acceptors (Lipinski definition) is 7. The highest BCUT2D eigenvalue weighted by molar-refractivity contribution is 7.47. The standard InChI is InChI=1S/C46H92NO8P/c1-36(2)20-14-22-38(5)24-16-26-40(7)28-18-30-42(9)45(48)52-34-44(35-54-56(50,51)53-33-32-47(11,12)13)55-46(49)43(10)31-19-29-41(8)27-17-25-39(6)23-15-21-37(3)4/h36-44H,14-35H2,1-13H3/p+1/t38?,39?,40?,41?,42?,43?,44-/m1/s1. The van der Waals surface area contributed by atoms with Crippen LogP contribution in [0.25, 0.3) is 0 Å². The summed E-state index contributed by atoms with van der Waals surface area (Å²) < 4.78 is 35.0. The number of ether oxygens (including phenoxy) is 2. The monoisotopic (exact) mass is 819 g/mol. The Morgan fingerprint density at radius 1 is 0.518 bits per heavy atom. The lowest BCUT2D eigenvalue weighted by atomic mass is 9.91. The summed E-state index contributed by atoms with van der Waals surface area (Å²) in [6.07, 6.45) is 19.7. The first-order valence-electron chi connectivity index (χ1n) is 22.9. The zero-order valence-electron chi connectivity index (χ0n) is 39.0. The van der Waals surface area contributed by atoms with E-state index >= 15 is 0 Å². The second-order valence-corrected chi connectivity index (χ2v) is 21.3. The Morgan fingerprint density at radius 2 is 0.875 bits per heavy atom. The molecule has 8 atom stereocenters. The van der Waals surface area contributed by atoms with E-state index in [0.717, 1.165) is 49.4 Å². The van der Waals surface area contributed by atoms with Crippen LogP contribution in [0.5, 0.6) is 0 Å². The van der Waals surface area contributed by atoms with Gasteiger partial charge in [0.05, 0.1) is 39.6 Å². The van der Waals surface area contributed by atoms with Crippen molar-refractivity contribution in [3.8, 4) is 0 Å². The summed E-state index contributed by atoms with van der Waals surface area (Å²) in [5.41, 5.74) is 0. The molecule has 0 aromatic carbocycles. The van der Waals surface area contributed by atoms with Gasteiger partial charge in [-0.3, -0.25) is 18.6 Å². The van der Waals surface area contributed by atoms with Crippen molar-refractivity contribution < 1.29 is 42.1 Å². The lowest BCUT2D eigenvalue weighted by Crippen LogP contribution is -2.37. The lowest BCUT2D eigenvalue weighted by Gasteiger charge is -2.25. The molecule has 10 heteroatoms. The second-order valence-electron chi connectivity index (χ2n) is 19.9. The third-order valence-electron chi connectivity index (χ3n) is 11.4. The Hall–Kier alpha value is -0.990. The van der Waals surface area contributed by atoms with Crippen LogP contribution in [0, 0.1) is 47.3 Å². The molecular formula is C46H93NO8P+. The van der Waals surface area contributed by atoms with Gasteiger partial charge in [-0.2, -0.15) is 0 Å². The Bertz CT molecular complexity index is 1050. The molecular weight excluding hydrogens is 725 g/mol. The molecule has 0 amide bonds. The number of carbonyl (C=O) groups is 2. The van der Waals surface area contributed by atoms with Crippen LogP contribution in [-0.2, 0) is 32.7 Å². The molecule has 0 aliphatic rings. The summed E-state index contributed by atoms with van der Waals surface area (Å²) in [4.78, 5) is 36.5. The van der Waals surface area contributed by atoms with Gasteiger partial charge in [0, 0.05) is 0 Å². The van der Waals surface area contributed by atoms with Gasteiger partial charge in [0.2, 0.25) is 0 Å². The van der Waals surface area contributed by atoms with Gasteiger partial charge in [-0.15, -0.1) is 0 Å². The molecule has 0 aliphatic carbocycles. The number of phosphoric acid groups is 1. The molecule has 0 fully saturated rings. The van der Waals surface area contributed by atoms with E-state index < -0.39 is 26.5 Å². The van der Waals surface area contributed by atoms with Gasteiger partial charge in [0.1, 0.15) is 19.8 Å². The minimum Gasteiger partial charge on any atom is -0.461 e. The van der Waals surface area contributed by atoms with E-state index in [1.54, 1.807) is 0 Å². The van der Waals surface area contributed by atoms with Gasteiger partial charge in [-0.25, -0.2) is 4.57 Å². The highest BCUT2D eigenvalue weighted by Gasteiger charge is 2.29. The van der Waals surface area contributed by atoms with E-state index in [2.05, 4.69) is 55.4 Å². The van der Waals surface area contributed by atoms with E-state index in [1.165, 1.54) is 77.0 Å². The van der Waals surface area contributed by atoms with Crippen LogP contribution in [0.1, 0.15) is 185 Å². The van der Waals surface area contributed by atoms with Crippen LogP contribution in [0.3, 0.4) is 0 Å². The first kappa shape index (κ1) is 55.0. The molecule has 0 radical (unpaired) electrons. The van der Waals surface area contributed by atoms with E-state index in [4.69, 9.17) is 18.5 Å². The van der Waals surface area contributed by atoms with E-state index in [9.17, 15) is 19.0 Å². The molecule has 1 N–H and O–H groups in total. The van der Waals surface area contributed by atoms with Crippen molar-refractivity contribution in [2.24, 2.45) is 47.3 Å². The Balaban J connectivity index is 4.91. The molecule has 0 heterocycles. The van der Waals surface area contributed by atoms with E-state index in [-0.39, 0.29) is 31.0 Å². The Labute approximate surface area is 346 Å². The Morgan fingerprint density at radius 3 is 1.25 bits per heavy atom. The summed E-state index contributed by atoms with van der Waals surface area (Å²) in [7, 11) is 1.45. The first-order valence-corrected chi connectivity index (χ1v) is 24.4. The van der Waals surface area contributed by atoms with Crippen molar-refractivity contribution in [2.45, 2.75) is 191 Å². The predicted molar refractivity (Wildman–Crippen MR) is 233 cm³/mol. The molecule has 334 valence electrons. The minimum atomic E-state index is -4.41. The summed E-state index contributed by atoms with van der Waals surface area (Å²) in [5.74, 6) is 2.86. The van der Waals surface area contributed by atoms with Crippen LogP contribution in [0.4, 0.5) is 0 Å². The van der Waals surface area contributed by atoms with Gasteiger partial charge in [0.25, 0.3) is 0 Å². The smallest absolute Gasteiger partial charge is 0.461 e. The first-order chi connectivity index (χ1) is 26.1. The van der Waals surface area contributed by atoms with Crippen molar-refractivity contribution in [3.05, 3.63) is 0 Å². The average molecular weight is 819 g/mol. The number of rotatable bonds is 36. The second kappa shape index (κ2) is 31.0. The SMILES string of the molecule is CC(C)CCCC(C)CCCC(C)CCCC(C)C(=O)OC[C@H](COP(=O)(O)OCC[N+](C)(C)C)OC(=O)C(C)CCCC(C)CCCC(C)CCCC(C)C. The molecule has 0 aromatic rings. The number of hydrogen-bond donors (Lipinski definition) is 1. The van der Waals surface area contributed by atoms with E-state index in [1.807, 2.05) is 35.0 Å². The fourth-order valence-electron chi connectivity index (χ4n) is 7.10. The third kappa shape index (κ3) is 32.9. The molecule has 0 rings (SSSR count). The fraction of sp³-hybridized carbons (Fsp3) is 0.957. The van der Waals surface area contributed by atoms with Crippen LogP contribution >= 0.6 is 7.82 Å². The molecule has 0 aromatic heterocycles. The molecule has 9 nitrogen and oxygen atoms in total. The maximum absolute atomic E-state index is 13.2. The highest BCUT2D eigenvalue weighted by Crippen LogP contribution is 2.43. The average Bonchev–Trinajstić information content (AvgIpc) is 3.08. The largest absolute Gasteiger partial charge is 0.472 e. The fourth-order valence-corrected chi connectivity index (χ4v) is 7.84. The molecule has 56 heavy (non-hydrogen) atoms. The van der Waals surface area contributed by atoms with Crippen molar-refractivity contribution in [1.29, 1.82) is 0 Å². The normalized spacial score (nSPS) is 17.2. The maximum Gasteiger partial charge on any atom is 0.472 e. The molecule has 0 spiro atoms. The molecule has 7 unspecified atom stereocenters. The molecule has 0 saturated heterocycles. The molecule has 0 bridgehead atoms. The van der Waals surface area contributed by atoms with Crippen molar-refractivity contribution in [2.75, 3.05) is 47.5 Å². The number of nitrogens with zero attached hydrogens (tertiary/aromatic N) is 1. The lowest BCUT2D eigenvalue weighted by molar-refractivity contribution is -0.870. The number of likely N-dealkylation sites (N-methyl/N-ethyl adjacent to an activating group) is 1. The van der Waals surface area contributed by atoms with Crippen LogP contribution in [-0.4, -0.2) is 74.9 Å². The minimum absolute atomic E-state index is 0.0250. The topological polar surface area (TPSA) is 108 Å². The van der Waals surface area contributed by atoms with Crippen molar-refractivity contribution in [3.63, 3.8) is 0 Å². The highest BCUT2D eigenvalue weighted by atomic mass is 31.2. The van der Waals surface area contributed by atoms with Crippen LogP contribution in [0.15, 0.2) is 0 Å². The maximum atomic E-state index is 13.2. The zero-order valence-corrected chi connectivity index (χ0v) is 39.8. The number of esters is 2. The summed E-state index contributed by atoms with van der Waals surface area (Å²) in [6, 6.07) is 0. The number of phosphoric ester groups is 1. The molecule has 0 aliphatic heterocycles. The summed E-state index contributed by atoms with van der Waals surface area (Å²) in [5, 5.41) is 0. The quantitative estimate of drug-likeness (QED) is 0.0378. The predicted octanol–water partition coefficient (Wildman–Crippen LogP) is 12.4. The summed E-state index contributed by atoms with van der Waals surface area (Å²) in [6.45, 7) is 22.1. The van der Waals surface area contributed by atoms with Gasteiger partial charge >= 0.3 is 19.8 Å². The Kier molecular flexibility index (Phi) is 30.4. The van der Waals surface area contributed by atoms with Crippen molar-refractivity contribution in [1.82, 2.24) is 0 Å². The van der Waals surface area contributed by atoms with Gasteiger partial charge in [-0.1, -0.05) is 172 Å².